The Morgan fingerprint density at radius 1 is 1.42 bits per heavy atom. The highest BCUT2D eigenvalue weighted by Crippen LogP contribution is 2.22. The number of β-amino-alcohol motifs (C(OH)–C–C–N with tert-alkyl or cyclic N) is 1. The zero-order valence-corrected chi connectivity index (χ0v) is 12.0. The molecule has 1 aromatic rings. The molecule has 4 heteroatoms. The van der Waals surface area contributed by atoms with Gasteiger partial charge >= 0.3 is 0 Å². The number of hydrogen-bond acceptors (Lipinski definition) is 4. The van der Waals surface area contributed by atoms with Crippen molar-refractivity contribution < 1.29 is 9.84 Å². The highest BCUT2D eigenvalue weighted by molar-refractivity contribution is 5.28. The molecule has 0 amide bonds. The van der Waals surface area contributed by atoms with Crippen LogP contribution >= 0.6 is 0 Å². The smallest absolute Gasteiger partial charge is 0.119 e. The molecule has 0 spiro atoms. The van der Waals surface area contributed by atoms with E-state index in [-0.39, 0.29) is 6.10 Å². The van der Waals surface area contributed by atoms with E-state index in [1.165, 1.54) is 5.56 Å². The summed E-state index contributed by atoms with van der Waals surface area (Å²) in [4.78, 5) is 4.54. The van der Waals surface area contributed by atoms with E-state index in [1.807, 2.05) is 12.1 Å². The Kier molecular flexibility index (Phi) is 4.80. The fourth-order valence-corrected chi connectivity index (χ4v) is 2.77. The summed E-state index contributed by atoms with van der Waals surface area (Å²) in [5.74, 6) is 0.890. The predicted molar refractivity (Wildman–Crippen MR) is 76.4 cm³/mol. The Bertz CT molecular complexity index is 409. The van der Waals surface area contributed by atoms with Crippen LogP contribution in [0.25, 0.3) is 0 Å². The fourth-order valence-electron chi connectivity index (χ4n) is 2.77. The van der Waals surface area contributed by atoms with E-state index in [9.17, 15) is 5.11 Å². The first kappa shape index (κ1) is 14.3. The van der Waals surface area contributed by atoms with Gasteiger partial charge in [-0.15, -0.1) is 0 Å². The SMILES string of the molecule is COc1cccc(CN2CC(O)CC2CN(C)C)c1. The summed E-state index contributed by atoms with van der Waals surface area (Å²) in [6.07, 6.45) is 0.665. The van der Waals surface area contributed by atoms with Crippen molar-refractivity contribution in [2.75, 3.05) is 34.3 Å². The number of hydrogen-bond donors (Lipinski definition) is 1. The first-order valence-electron chi connectivity index (χ1n) is 6.78. The molecule has 1 fully saturated rings. The molecule has 0 aromatic heterocycles. The molecule has 0 aliphatic carbocycles. The molecule has 2 atom stereocenters. The van der Waals surface area contributed by atoms with Gasteiger partial charge in [-0.25, -0.2) is 0 Å². The van der Waals surface area contributed by atoms with Crippen molar-refractivity contribution >= 4 is 0 Å². The molecule has 1 saturated heterocycles. The van der Waals surface area contributed by atoms with Gasteiger partial charge in [-0.3, -0.25) is 4.90 Å². The van der Waals surface area contributed by atoms with Gasteiger partial charge in [0.05, 0.1) is 13.2 Å². The van der Waals surface area contributed by atoms with Crippen LogP contribution in [0.4, 0.5) is 0 Å². The third kappa shape index (κ3) is 3.93. The van der Waals surface area contributed by atoms with Crippen LogP contribution in [0.2, 0.25) is 0 Å². The van der Waals surface area contributed by atoms with E-state index in [0.717, 1.165) is 31.8 Å². The number of likely N-dealkylation sites (tertiary alicyclic amines) is 1. The summed E-state index contributed by atoms with van der Waals surface area (Å²) < 4.78 is 5.26. The number of methoxy groups -OCH3 is 1. The Morgan fingerprint density at radius 3 is 2.89 bits per heavy atom. The summed E-state index contributed by atoms with van der Waals surface area (Å²) >= 11 is 0. The monoisotopic (exact) mass is 264 g/mol. The molecule has 1 heterocycles. The van der Waals surface area contributed by atoms with E-state index in [0.29, 0.717) is 6.04 Å². The molecule has 106 valence electrons. The van der Waals surface area contributed by atoms with Crippen LogP contribution in [0.1, 0.15) is 12.0 Å². The molecular weight excluding hydrogens is 240 g/mol. The van der Waals surface area contributed by atoms with Gasteiger partial charge in [0.2, 0.25) is 0 Å². The minimum atomic E-state index is -0.199. The Balaban J connectivity index is 2.03. The number of aliphatic hydroxyl groups is 1. The predicted octanol–water partition coefficient (Wildman–Crippen LogP) is 1.19. The van der Waals surface area contributed by atoms with Crippen LogP contribution in [-0.4, -0.2) is 61.3 Å². The van der Waals surface area contributed by atoms with Gasteiger partial charge in [0.1, 0.15) is 5.75 Å². The molecule has 0 bridgehead atoms. The van der Waals surface area contributed by atoms with Gasteiger partial charge in [0, 0.05) is 25.7 Å². The molecule has 1 aliphatic heterocycles. The second-order valence-corrected chi connectivity index (χ2v) is 5.59. The lowest BCUT2D eigenvalue weighted by atomic mass is 10.1. The first-order chi connectivity index (χ1) is 9.08. The molecule has 19 heavy (non-hydrogen) atoms. The van der Waals surface area contributed by atoms with Crippen molar-refractivity contribution in [2.24, 2.45) is 0 Å². The Labute approximate surface area is 115 Å². The normalized spacial score (nSPS) is 24.1. The number of nitrogens with zero attached hydrogens (tertiary/aromatic N) is 2. The number of benzene rings is 1. The van der Waals surface area contributed by atoms with Gasteiger partial charge in [-0.1, -0.05) is 12.1 Å². The quantitative estimate of drug-likeness (QED) is 0.866. The average Bonchev–Trinajstić information content (AvgIpc) is 2.69. The third-order valence-corrected chi connectivity index (χ3v) is 3.60. The average molecular weight is 264 g/mol. The van der Waals surface area contributed by atoms with Crippen molar-refractivity contribution in [2.45, 2.75) is 25.1 Å². The van der Waals surface area contributed by atoms with Gasteiger partial charge < -0.3 is 14.7 Å². The zero-order valence-electron chi connectivity index (χ0n) is 12.0. The fraction of sp³-hybridized carbons (Fsp3) is 0.600. The molecule has 0 saturated carbocycles. The summed E-state index contributed by atoms with van der Waals surface area (Å²) in [5, 5.41) is 9.88. The van der Waals surface area contributed by atoms with Crippen LogP contribution in [0.15, 0.2) is 24.3 Å². The highest BCUT2D eigenvalue weighted by atomic mass is 16.5. The zero-order chi connectivity index (χ0) is 13.8. The third-order valence-electron chi connectivity index (χ3n) is 3.60. The van der Waals surface area contributed by atoms with Crippen LogP contribution in [0.5, 0.6) is 5.75 Å². The van der Waals surface area contributed by atoms with E-state index in [1.54, 1.807) is 7.11 Å². The van der Waals surface area contributed by atoms with Crippen molar-refractivity contribution in [1.82, 2.24) is 9.80 Å². The van der Waals surface area contributed by atoms with Crippen LogP contribution in [-0.2, 0) is 6.54 Å². The standard InChI is InChI=1S/C15H24N2O2/c1-16(2)10-13-8-14(18)11-17(13)9-12-5-4-6-15(7-12)19-3/h4-7,13-14,18H,8-11H2,1-3H3. The van der Waals surface area contributed by atoms with Crippen molar-refractivity contribution in [3.05, 3.63) is 29.8 Å². The molecule has 0 radical (unpaired) electrons. The van der Waals surface area contributed by atoms with Crippen molar-refractivity contribution in [1.29, 1.82) is 0 Å². The van der Waals surface area contributed by atoms with Crippen molar-refractivity contribution in [3.63, 3.8) is 0 Å². The lowest BCUT2D eigenvalue weighted by molar-refractivity contribution is 0.169. The minimum absolute atomic E-state index is 0.199. The summed E-state index contributed by atoms with van der Waals surface area (Å²) in [5.41, 5.74) is 1.23. The molecule has 4 nitrogen and oxygen atoms in total. The van der Waals surface area contributed by atoms with Gasteiger partial charge in [-0.2, -0.15) is 0 Å². The maximum absolute atomic E-state index is 9.88. The van der Waals surface area contributed by atoms with Crippen LogP contribution in [0, 0.1) is 0 Å². The van der Waals surface area contributed by atoms with E-state index in [4.69, 9.17) is 4.74 Å². The number of rotatable bonds is 5. The van der Waals surface area contributed by atoms with Gasteiger partial charge in [0.15, 0.2) is 0 Å². The summed E-state index contributed by atoms with van der Waals surface area (Å²) in [7, 11) is 5.84. The van der Waals surface area contributed by atoms with Crippen molar-refractivity contribution in [3.8, 4) is 5.75 Å². The second kappa shape index (κ2) is 6.37. The Morgan fingerprint density at radius 2 is 2.21 bits per heavy atom. The second-order valence-electron chi connectivity index (χ2n) is 5.59. The molecule has 1 aliphatic rings. The maximum Gasteiger partial charge on any atom is 0.119 e. The highest BCUT2D eigenvalue weighted by Gasteiger charge is 2.30. The number of ether oxygens (including phenoxy) is 1. The van der Waals surface area contributed by atoms with Crippen LogP contribution < -0.4 is 4.74 Å². The van der Waals surface area contributed by atoms with Gasteiger partial charge in [-0.05, 0) is 38.2 Å². The lowest BCUT2D eigenvalue weighted by Gasteiger charge is -2.26. The van der Waals surface area contributed by atoms with E-state index >= 15 is 0 Å². The van der Waals surface area contributed by atoms with E-state index in [2.05, 4.69) is 36.0 Å². The maximum atomic E-state index is 9.88. The summed E-state index contributed by atoms with van der Waals surface area (Å²) in [6.45, 7) is 2.61. The number of likely N-dealkylation sites (N-methyl/N-ethyl adjacent to an activating group) is 1. The lowest BCUT2D eigenvalue weighted by Crippen LogP contribution is -2.37. The summed E-state index contributed by atoms with van der Waals surface area (Å²) in [6, 6.07) is 8.58. The molecule has 1 N–H and O–H groups in total. The number of aliphatic hydroxyl groups excluding tert-OH is 1. The molecule has 2 unspecified atom stereocenters. The van der Waals surface area contributed by atoms with Crippen LogP contribution in [0.3, 0.4) is 0 Å². The molecular formula is C15H24N2O2. The first-order valence-corrected chi connectivity index (χ1v) is 6.78. The van der Waals surface area contributed by atoms with Gasteiger partial charge in [0.25, 0.3) is 0 Å². The Hall–Kier alpha value is -1.10. The van der Waals surface area contributed by atoms with E-state index < -0.39 is 0 Å². The molecule has 2 rings (SSSR count). The minimum Gasteiger partial charge on any atom is -0.497 e. The largest absolute Gasteiger partial charge is 0.497 e. The molecule has 1 aromatic carbocycles. The topological polar surface area (TPSA) is 35.9 Å².